The zero-order valence-corrected chi connectivity index (χ0v) is 7.25. The average Bonchev–Trinajstić information content (AvgIpc) is 2.04. The van der Waals surface area contributed by atoms with E-state index in [0.717, 1.165) is 10.9 Å². The Labute approximate surface area is 72.4 Å². The highest BCUT2D eigenvalue weighted by molar-refractivity contribution is 9.10. The standard InChI is InChI=1S/C8H5BrN2/c9-8-10-5-6-3-1-2-4-7(6)11-8/h1-5H. The summed E-state index contributed by atoms with van der Waals surface area (Å²) in [6.45, 7) is 0. The Morgan fingerprint density at radius 3 is 2.91 bits per heavy atom. The van der Waals surface area contributed by atoms with Crippen LogP contribution in [0.5, 0.6) is 0 Å². The molecule has 11 heavy (non-hydrogen) atoms. The fourth-order valence-electron chi connectivity index (χ4n) is 0.950. The smallest absolute Gasteiger partial charge is 0.197 e. The van der Waals surface area contributed by atoms with Gasteiger partial charge in [-0.1, -0.05) is 18.2 Å². The lowest BCUT2D eigenvalue weighted by molar-refractivity contribution is 1.16. The van der Waals surface area contributed by atoms with Crippen LogP contribution in [0.4, 0.5) is 0 Å². The lowest BCUT2D eigenvalue weighted by Gasteiger charge is -1.94. The highest BCUT2D eigenvalue weighted by Crippen LogP contribution is 2.11. The molecule has 0 radical (unpaired) electrons. The third-order valence-corrected chi connectivity index (χ3v) is 1.84. The molecule has 0 saturated carbocycles. The number of aromatic nitrogens is 2. The minimum Gasteiger partial charge on any atom is -0.230 e. The van der Waals surface area contributed by atoms with E-state index in [-0.39, 0.29) is 0 Å². The molecule has 0 saturated heterocycles. The number of hydrogen-bond acceptors (Lipinski definition) is 2. The van der Waals surface area contributed by atoms with Crippen LogP contribution in [0.1, 0.15) is 0 Å². The lowest BCUT2D eigenvalue weighted by atomic mass is 10.2. The molecule has 3 heteroatoms. The monoisotopic (exact) mass is 208 g/mol. The molecule has 0 aliphatic carbocycles. The molecule has 0 fully saturated rings. The van der Waals surface area contributed by atoms with Crippen molar-refractivity contribution >= 4 is 26.8 Å². The van der Waals surface area contributed by atoms with Crippen LogP contribution < -0.4 is 0 Å². The maximum atomic E-state index is 4.18. The quantitative estimate of drug-likeness (QED) is 0.622. The second-order valence-corrected chi connectivity index (χ2v) is 2.91. The molecule has 0 amide bonds. The maximum Gasteiger partial charge on any atom is 0.197 e. The first kappa shape index (κ1) is 6.73. The molecule has 54 valence electrons. The minimum atomic E-state index is 0.635. The molecule has 1 aromatic carbocycles. The van der Waals surface area contributed by atoms with E-state index >= 15 is 0 Å². The van der Waals surface area contributed by atoms with Gasteiger partial charge in [0.15, 0.2) is 4.73 Å². The fourth-order valence-corrected chi connectivity index (χ4v) is 1.24. The van der Waals surface area contributed by atoms with Crippen LogP contribution in [0.15, 0.2) is 35.2 Å². The minimum absolute atomic E-state index is 0.635. The average molecular weight is 209 g/mol. The van der Waals surface area contributed by atoms with Crippen LogP contribution in [-0.2, 0) is 0 Å². The van der Waals surface area contributed by atoms with Crippen molar-refractivity contribution in [1.82, 2.24) is 9.97 Å². The molecule has 1 heterocycles. The first-order chi connectivity index (χ1) is 5.36. The van der Waals surface area contributed by atoms with E-state index in [9.17, 15) is 0 Å². The van der Waals surface area contributed by atoms with Gasteiger partial charge < -0.3 is 0 Å². The number of rotatable bonds is 0. The van der Waals surface area contributed by atoms with Crippen LogP contribution in [0, 0.1) is 0 Å². The molecule has 0 aliphatic heterocycles. The molecule has 2 aromatic rings. The van der Waals surface area contributed by atoms with Gasteiger partial charge in [-0.25, -0.2) is 9.97 Å². The summed E-state index contributed by atoms with van der Waals surface area (Å²) in [5.74, 6) is 0. The van der Waals surface area contributed by atoms with Gasteiger partial charge in [0.05, 0.1) is 5.52 Å². The van der Waals surface area contributed by atoms with Gasteiger partial charge in [0, 0.05) is 11.6 Å². The summed E-state index contributed by atoms with van der Waals surface area (Å²) in [4.78, 5) is 8.19. The SMILES string of the molecule is Brc1ncc2ccccc2n1. The van der Waals surface area contributed by atoms with E-state index in [1.54, 1.807) is 6.20 Å². The van der Waals surface area contributed by atoms with E-state index in [4.69, 9.17) is 0 Å². The molecular formula is C8H5BrN2. The van der Waals surface area contributed by atoms with Crippen molar-refractivity contribution in [1.29, 1.82) is 0 Å². The summed E-state index contributed by atoms with van der Waals surface area (Å²) < 4.78 is 0.635. The van der Waals surface area contributed by atoms with Crippen molar-refractivity contribution in [3.8, 4) is 0 Å². The fraction of sp³-hybridized carbons (Fsp3) is 0. The number of para-hydroxylation sites is 1. The summed E-state index contributed by atoms with van der Waals surface area (Å²) in [5.41, 5.74) is 0.967. The Hall–Kier alpha value is -0.960. The highest BCUT2D eigenvalue weighted by Gasteiger charge is 1.93. The van der Waals surface area contributed by atoms with Gasteiger partial charge in [-0.15, -0.1) is 0 Å². The Morgan fingerprint density at radius 2 is 2.00 bits per heavy atom. The Balaban J connectivity index is 2.83. The molecule has 2 nitrogen and oxygen atoms in total. The van der Waals surface area contributed by atoms with Gasteiger partial charge in [0.25, 0.3) is 0 Å². The van der Waals surface area contributed by atoms with Crippen molar-refractivity contribution in [2.24, 2.45) is 0 Å². The van der Waals surface area contributed by atoms with Crippen LogP contribution in [0.2, 0.25) is 0 Å². The zero-order valence-electron chi connectivity index (χ0n) is 5.66. The van der Waals surface area contributed by atoms with Crippen molar-refractivity contribution in [2.45, 2.75) is 0 Å². The summed E-state index contributed by atoms with van der Waals surface area (Å²) in [6.07, 6.45) is 1.80. The summed E-state index contributed by atoms with van der Waals surface area (Å²) in [6, 6.07) is 7.88. The van der Waals surface area contributed by atoms with E-state index in [1.807, 2.05) is 24.3 Å². The summed E-state index contributed by atoms with van der Waals surface area (Å²) in [5, 5.41) is 1.07. The number of fused-ring (bicyclic) bond motifs is 1. The largest absolute Gasteiger partial charge is 0.230 e. The van der Waals surface area contributed by atoms with Crippen LogP contribution in [-0.4, -0.2) is 9.97 Å². The number of benzene rings is 1. The predicted octanol–water partition coefficient (Wildman–Crippen LogP) is 2.39. The van der Waals surface area contributed by atoms with Gasteiger partial charge in [-0.3, -0.25) is 0 Å². The van der Waals surface area contributed by atoms with Crippen LogP contribution >= 0.6 is 15.9 Å². The molecule has 2 rings (SSSR count). The van der Waals surface area contributed by atoms with Gasteiger partial charge in [0.1, 0.15) is 0 Å². The Morgan fingerprint density at radius 1 is 1.18 bits per heavy atom. The van der Waals surface area contributed by atoms with Crippen molar-refractivity contribution < 1.29 is 0 Å². The Bertz CT molecular complexity index is 387. The topological polar surface area (TPSA) is 25.8 Å². The predicted molar refractivity (Wildman–Crippen MR) is 47.2 cm³/mol. The van der Waals surface area contributed by atoms with E-state index in [0.29, 0.717) is 4.73 Å². The van der Waals surface area contributed by atoms with Gasteiger partial charge >= 0.3 is 0 Å². The Kier molecular flexibility index (Phi) is 1.58. The highest BCUT2D eigenvalue weighted by atomic mass is 79.9. The van der Waals surface area contributed by atoms with E-state index in [2.05, 4.69) is 25.9 Å². The second-order valence-electron chi connectivity index (χ2n) is 2.20. The molecule has 0 atom stereocenters. The van der Waals surface area contributed by atoms with Crippen molar-refractivity contribution in [2.75, 3.05) is 0 Å². The lowest BCUT2D eigenvalue weighted by Crippen LogP contribution is -1.82. The summed E-state index contributed by atoms with van der Waals surface area (Å²) in [7, 11) is 0. The molecule has 0 N–H and O–H groups in total. The third-order valence-electron chi connectivity index (χ3n) is 1.46. The number of halogens is 1. The van der Waals surface area contributed by atoms with Crippen molar-refractivity contribution in [3.05, 3.63) is 35.2 Å². The first-order valence-corrected chi connectivity index (χ1v) is 4.03. The van der Waals surface area contributed by atoms with E-state index < -0.39 is 0 Å². The van der Waals surface area contributed by atoms with Crippen molar-refractivity contribution in [3.63, 3.8) is 0 Å². The zero-order chi connectivity index (χ0) is 7.68. The molecule has 0 bridgehead atoms. The molecule has 0 unspecified atom stereocenters. The van der Waals surface area contributed by atoms with Crippen LogP contribution in [0.3, 0.4) is 0 Å². The normalized spacial score (nSPS) is 10.3. The molecule has 0 aliphatic rings. The van der Waals surface area contributed by atoms with Crippen LogP contribution in [0.25, 0.3) is 10.9 Å². The molecule has 0 spiro atoms. The third kappa shape index (κ3) is 1.24. The van der Waals surface area contributed by atoms with Gasteiger partial charge in [0.2, 0.25) is 0 Å². The van der Waals surface area contributed by atoms with Gasteiger partial charge in [-0.05, 0) is 22.0 Å². The molecule has 1 aromatic heterocycles. The maximum absolute atomic E-state index is 4.18. The van der Waals surface area contributed by atoms with E-state index in [1.165, 1.54) is 0 Å². The first-order valence-electron chi connectivity index (χ1n) is 3.23. The molecular weight excluding hydrogens is 204 g/mol. The van der Waals surface area contributed by atoms with Gasteiger partial charge in [-0.2, -0.15) is 0 Å². The second kappa shape index (κ2) is 2.58. The number of nitrogens with zero attached hydrogens (tertiary/aromatic N) is 2. The number of hydrogen-bond donors (Lipinski definition) is 0. The summed E-state index contributed by atoms with van der Waals surface area (Å²) >= 11 is 3.21.